The van der Waals surface area contributed by atoms with E-state index < -0.39 is 48.5 Å². The van der Waals surface area contributed by atoms with Gasteiger partial charge in [-0.05, 0) is 17.7 Å². The number of fused-ring (bicyclic) bond motifs is 1. The normalized spacial score (nSPS) is 25.2. The van der Waals surface area contributed by atoms with E-state index in [1.165, 1.54) is 37.4 Å². The zero-order chi connectivity index (χ0) is 23.9. The van der Waals surface area contributed by atoms with Gasteiger partial charge >= 0.3 is 0 Å². The minimum Gasteiger partial charge on any atom is -0.508 e. The average Bonchev–Trinajstić information content (AvgIpc) is 2.79. The first-order valence-corrected chi connectivity index (χ1v) is 9.89. The number of aromatic hydroxyl groups is 2. The highest BCUT2D eigenvalue weighted by Gasteiger charge is 2.44. The number of benzene rings is 2. The highest BCUT2D eigenvalue weighted by atomic mass is 16.7. The Kier molecular flexibility index (Phi) is 6.15. The monoisotopic (exact) mass is 462 g/mol. The van der Waals surface area contributed by atoms with Gasteiger partial charge in [-0.15, -0.1) is 0 Å². The number of methoxy groups -OCH3 is 1. The molecule has 1 aliphatic heterocycles. The van der Waals surface area contributed by atoms with E-state index in [0.29, 0.717) is 5.56 Å². The van der Waals surface area contributed by atoms with Crippen LogP contribution < -0.4 is 14.9 Å². The second-order valence-electron chi connectivity index (χ2n) is 7.48. The minimum atomic E-state index is -1.67. The van der Waals surface area contributed by atoms with Crippen molar-refractivity contribution in [2.24, 2.45) is 0 Å². The Labute approximate surface area is 186 Å². The standard InChI is InChI=1S/C22H22O11/c1-30-21-15(9-2-4-10(24)5-3-9)18(27)16-12(25)6-11(7-13(16)32-21)31-22-20(29)19(28)17(26)14(8-23)33-22/h2-7,14,17,19-20,22-26,28-29H,8H2,1H3/t14?,17-,19?,20?,22-/m1/s1. The molecule has 1 aromatic heterocycles. The van der Waals surface area contributed by atoms with Crippen LogP contribution in [-0.2, 0) is 4.74 Å². The second kappa shape index (κ2) is 8.89. The Bertz CT molecular complexity index is 1200. The number of phenolic OH excluding ortho intramolecular Hbond substituents is 2. The van der Waals surface area contributed by atoms with E-state index in [0.717, 1.165) is 6.07 Å². The molecule has 0 aliphatic carbocycles. The van der Waals surface area contributed by atoms with Crippen LogP contribution in [0.15, 0.2) is 45.6 Å². The van der Waals surface area contributed by atoms with Crippen LogP contribution in [0.1, 0.15) is 0 Å². The summed E-state index contributed by atoms with van der Waals surface area (Å²) in [6, 6.07) is 8.09. The van der Waals surface area contributed by atoms with Crippen LogP contribution >= 0.6 is 0 Å². The van der Waals surface area contributed by atoms with Crippen molar-refractivity contribution in [3.05, 3.63) is 46.6 Å². The molecule has 4 rings (SSSR count). The van der Waals surface area contributed by atoms with Crippen LogP contribution in [0.2, 0.25) is 0 Å². The number of hydrogen-bond donors (Lipinski definition) is 6. The van der Waals surface area contributed by atoms with Gasteiger partial charge in [0.25, 0.3) is 5.95 Å². The SMILES string of the molecule is COc1oc2cc(O[C@@H]3OC(CO)[C@@H](O)C(O)C3O)cc(O)c2c(=O)c1-c1ccc(O)cc1. The van der Waals surface area contributed by atoms with Gasteiger partial charge in [-0.3, -0.25) is 4.79 Å². The fourth-order valence-electron chi connectivity index (χ4n) is 3.64. The molecule has 1 fully saturated rings. The van der Waals surface area contributed by atoms with E-state index in [1.54, 1.807) is 0 Å². The molecule has 2 aromatic carbocycles. The first-order chi connectivity index (χ1) is 15.7. The smallest absolute Gasteiger partial charge is 0.296 e. The first kappa shape index (κ1) is 22.8. The number of phenols is 2. The van der Waals surface area contributed by atoms with Gasteiger partial charge < -0.3 is 49.3 Å². The van der Waals surface area contributed by atoms with Gasteiger partial charge in [-0.2, -0.15) is 0 Å². The van der Waals surface area contributed by atoms with Gasteiger partial charge in [0, 0.05) is 12.1 Å². The number of ether oxygens (including phenoxy) is 3. The molecule has 0 amide bonds. The zero-order valence-electron chi connectivity index (χ0n) is 17.3. The van der Waals surface area contributed by atoms with Gasteiger partial charge in [0.1, 0.15) is 58.2 Å². The fraction of sp³-hybridized carbons (Fsp3) is 0.318. The van der Waals surface area contributed by atoms with Crippen LogP contribution in [-0.4, -0.2) is 75.1 Å². The summed E-state index contributed by atoms with van der Waals surface area (Å²) >= 11 is 0. The van der Waals surface area contributed by atoms with Gasteiger partial charge in [0.2, 0.25) is 11.7 Å². The van der Waals surface area contributed by atoms with Crippen LogP contribution in [0.25, 0.3) is 22.1 Å². The molecule has 0 saturated carbocycles. The van der Waals surface area contributed by atoms with E-state index in [2.05, 4.69) is 0 Å². The molecule has 2 heterocycles. The molecule has 1 saturated heterocycles. The Hall–Kier alpha value is -3.35. The maximum Gasteiger partial charge on any atom is 0.296 e. The summed E-state index contributed by atoms with van der Waals surface area (Å²) in [5.74, 6) is -0.737. The number of aliphatic hydroxyl groups is 4. The molecule has 0 bridgehead atoms. The lowest BCUT2D eigenvalue weighted by Gasteiger charge is -2.39. The third-order valence-corrected chi connectivity index (χ3v) is 5.36. The molecule has 5 atom stereocenters. The number of hydrogen-bond acceptors (Lipinski definition) is 11. The highest BCUT2D eigenvalue weighted by Crippen LogP contribution is 2.37. The molecular weight excluding hydrogens is 440 g/mol. The molecule has 11 heteroatoms. The van der Waals surface area contributed by atoms with Crippen molar-refractivity contribution in [3.63, 3.8) is 0 Å². The molecule has 0 spiro atoms. The number of rotatable bonds is 5. The molecule has 1 aliphatic rings. The second-order valence-corrected chi connectivity index (χ2v) is 7.48. The van der Waals surface area contributed by atoms with E-state index in [4.69, 9.17) is 18.6 Å². The van der Waals surface area contributed by atoms with Crippen molar-refractivity contribution in [3.8, 4) is 34.3 Å². The van der Waals surface area contributed by atoms with E-state index in [-0.39, 0.29) is 34.0 Å². The number of aliphatic hydroxyl groups excluding tert-OH is 4. The predicted molar refractivity (Wildman–Crippen MR) is 112 cm³/mol. The largest absolute Gasteiger partial charge is 0.508 e. The van der Waals surface area contributed by atoms with Crippen molar-refractivity contribution in [2.45, 2.75) is 30.7 Å². The first-order valence-electron chi connectivity index (χ1n) is 9.89. The van der Waals surface area contributed by atoms with Crippen LogP contribution in [0.4, 0.5) is 0 Å². The predicted octanol–water partition coefficient (Wildman–Crippen LogP) is 0.0585. The molecular formula is C22H22O11. The molecule has 3 aromatic rings. The van der Waals surface area contributed by atoms with Gasteiger partial charge in [-0.25, -0.2) is 0 Å². The van der Waals surface area contributed by atoms with Crippen LogP contribution in [0.5, 0.6) is 23.2 Å². The Morgan fingerprint density at radius 2 is 1.70 bits per heavy atom. The Morgan fingerprint density at radius 3 is 2.33 bits per heavy atom. The summed E-state index contributed by atoms with van der Waals surface area (Å²) in [4.78, 5) is 13.2. The summed E-state index contributed by atoms with van der Waals surface area (Å²) in [5, 5.41) is 59.2. The van der Waals surface area contributed by atoms with Crippen molar-refractivity contribution >= 4 is 11.0 Å². The van der Waals surface area contributed by atoms with Gasteiger partial charge in [0.05, 0.1) is 13.7 Å². The van der Waals surface area contributed by atoms with Crippen LogP contribution in [0.3, 0.4) is 0 Å². The molecule has 11 nitrogen and oxygen atoms in total. The van der Waals surface area contributed by atoms with Crippen molar-refractivity contribution in [1.29, 1.82) is 0 Å². The summed E-state index contributed by atoms with van der Waals surface area (Å²) < 4.78 is 21.7. The lowest BCUT2D eigenvalue weighted by molar-refractivity contribution is -0.277. The molecule has 33 heavy (non-hydrogen) atoms. The average molecular weight is 462 g/mol. The van der Waals surface area contributed by atoms with Crippen molar-refractivity contribution < 1.29 is 49.3 Å². The molecule has 176 valence electrons. The molecule has 6 N–H and O–H groups in total. The van der Waals surface area contributed by atoms with Crippen LogP contribution in [0, 0.1) is 0 Å². The van der Waals surface area contributed by atoms with Gasteiger partial charge in [-0.1, -0.05) is 12.1 Å². The summed E-state index contributed by atoms with van der Waals surface area (Å²) in [7, 11) is 1.29. The Morgan fingerprint density at radius 1 is 1.00 bits per heavy atom. The summed E-state index contributed by atoms with van der Waals surface area (Å²) in [6.07, 6.45) is -7.56. The zero-order valence-corrected chi connectivity index (χ0v) is 17.3. The lowest BCUT2D eigenvalue weighted by Crippen LogP contribution is -2.60. The lowest BCUT2D eigenvalue weighted by atomic mass is 9.99. The quantitative estimate of drug-likeness (QED) is 0.302. The van der Waals surface area contributed by atoms with Crippen molar-refractivity contribution in [1.82, 2.24) is 0 Å². The van der Waals surface area contributed by atoms with E-state index in [9.17, 15) is 35.4 Å². The van der Waals surface area contributed by atoms with Gasteiger partial charge in [0.15, 0.2) is 0 Å². The Balaban J connectivity index is 1.75. The third kappa shape index (κ3) is 4.08. The fourth-order valence-corrected chi connectivity index (χ4v) is 3.64. The maximum absolute atomic E-state index is 13.2. The maximum atomic E-state index is 13.2. The third-order valence-electron chi connectivity index (χ3n) is 5.36. The van der Waals surface area contributed by atoms with Crippen molar-refractivity contribution in [2.75, 3.05) is 13.7 Å². The highest BCUT2D eigenvalue weighted by molar-refractivity contribution is 5.89. The van der Waals surface area contributed by atoms with E-state index in [1.807, 2.05) is 0 Å². The molecule has 3 unspecified atom stereocenters. The summed E-state index contributed by atoms with van der Waals surface area (Å²) in [5.41, 5.74) is -0.279. The topological polar surface area (TPSA) is 179 Å². The summed E-state index contributed by atoms with van der Waals surface area (Å²) in [6.45, 7) is -0.639. The molecule has 0 radical (unpaired) electrons. The minimum absolute atomic E-state index is 0.000671. The van der Waals surface area contributed by atoms with E-state index >= 15 is 0 Å².